The molecule has 1 aromatic carbocycles. The Morgan fingerprint density at radius 3 is 2.59 bits per heavy atom. The lowest BCUT2D eigenvalue weighted by atomic mass is 10.1. The van der Waals surface area contributed by atoms with E-state index in [0.29, 0.717) is 6.54 Å². The summed E-state index contributed by atoms with van der Waals surface area (Å²) in [4.78, 5) is 11.4. The van der Waals surface area contributed by atoms with Gasteiger partial charge in [-0.3, -0.25) is 4.79 Å². The first-order valence-electron chi connectivity index (χ1n) is 5.70. The van der Waals surface area contributed by atoms with E-state index >= 15 is 0 Å². The first-order chi connectivity index (χ1) is 8.11. The molecule has 0 aliphatic carbocycles. The normalized spacial score (nSPS) is 9.76. The molecule has 1 rings (SSSR count). The van der Waals surface area contributed by atoms with E-state index in [1.807, 2.05) is 26.0 Å². The zero-order valence-corrected chi connectivity index (χ0v) is 10.5. The van der Waals surface area contributed by atoms with Gasteiger partial charge in [-0.25, -0.2) is 0 Å². The fourth-order valence-electron chi connectivity index (χ4n) is 1.53. The number of ether oxygens (including phenoxy) is 1. The second kappa shape index (κ2) is 6.74. The maximum absolute atomic E-state index is 11.4. The highest BCUT2D eigenvalue weighted by molar-refractivity contribution is 5.77. The van der Waals surface area contributed by atoms with Crippen LogP contribution >= 0.6 is 0 Å². The minimum Gasteiger partial charge on any atom is -0.484 e. The number of aryl methyl sites for hydroxylation is 2. The van der Waals surface area contributed by atoms with Gasteiger partial charge in [-0.1, -0.05) is 12.1 Å². The van der Waals surface area contributed by atoms with Gasteiger partial charge in [-0.05, 0) is 43.5 Å². The highest BCUT2D eigenvalue weighted by Gasteiger charge is 2.02. The van der Waals surface area contributed by atoms with Gasteiger partial charge in [-0.15, -0.1) is 6.58 Å². The Balaban J connectivity index is 2.39. The molecule has 3 nitrogen and oxygen atoms in total. The molecule has 0 aromatic heterocycles. The van der Waals surface area contributed by atoms with E-state index < -0.39 is 0 Å². The topological polar surface area (TPSA) is 38.3 Å². The van der Waals surface area contributed by atoms with Gasteiger partial charge in [0.05, 0.1) is 0 Å². The van der Waals surface area contributed by atoms with Crippen LogP contribution in [0.15, 0.2) is 30.9 Å². The number of nitrogens with one attached hydrogen (secondary N) is 1. The van der Waals surface area contributed by atoms with Crippen LogP contribution in [-0.4, -0.2) is 19.1 Å². The smallest absolute Gasteiger partial charge is 0.257 e. The lowest BCUT2D eigenvalue weighted by molar-refractivity contribution is -0.123. The Hall–Kier alpha value is -1.77. The molecule has 0 saturated carbocycles. The summed E-state index contributed by atoms with van der Waals surface area (Å²) < 4.78 is 5.42. The number of hydrogen-bond acceptors (Lipinski definition) is 2. The van der Waals surface area contributed by atoms with Crippen molar-refractivity contribution in [1.82, 2.24) is 5.32 Å². The molecule has 3 heteroatoms. The SMILES string of the molecule is C=CCCNC(=O)COc1cc(C)cc(C)c1. The van der Waals surface area contributed by atoms with E-state index in [0.717, 1.165) is 23.3 Å². The number of carbonyl (C=O) groups is 1. The highest BCUT2D eigenvalue weighted by atomic mass is 16.5. The molecule has 0 fully saturated rings. The largest absolute Gasteiger partial charge is 0.484 e. The third kappa shape index (κ3) is 5.20. The van der Waals surface area contributed by atoms with E-state index in [1.165, 1.54) is 0 Å². The Morgan fingerprint density at radius 1 is 1.35 bits per heavy atom. The van der Waals surface area contributed by atoms with Crippen molar-refractivity contribution in [1.29, 1.82) is 0 Å². The van der Waals surface area contributed by atoms with Gasteiger partial charge in [0.25, 0.3) is 5.91 Å². The summed E-state index contributed by atoms with van der Waals surface area (Å²) >= 11 is 0. The number of amides is 1. The first-order valence-corrected chi connectivity index (χ1v) is 5.70. The van der Waals surface area contributed by atoms with Crippen LogP contribution in [0.25, 0.3) is 0 Å². The second-order valence-electron chi connectivity index (χ2n) is 4.04. The van der Waals surface area contributed by atoms with Crippen LogP contribution in [-0.2, 0) is 4.79 Å². The van der Waals surface area contributed by atoms with E-state index in [2.05, 4.69) is 18.0 Å². The summed E-state index contributed by atoms with van der Waals surface area (Å²) in [6.07, 6.45) is 2.54. The van der Waals surface area contributed by atoms with Crippen LogP contribution in [0.5, 0.6) is 5.75 Å². The second-order valence-corrected chi connectivity index (χ2v) is 4.04. The molecule has 0 saturated heterocycles. The van der Waals surface area contributed by atoms with Crippen LogP contribution in [0.2, 0.25) is 0 Å². The molecule has 0 radical (unpaired) electrons. The van der Waals surface area contributed by atoms with Gasteiger partial charge in [-0.2, -0.15) is 0 Å². The summed E-state index contributed by atoms with van der Waals surface area (Å²) in [5, 5.41) is 2.75. The van der Waals surface area contributed by atoms with Crippen molar-refractivity contribution >= 4 is 5.91 Å². The van der Waals surface area contributed by atoms with Crippen LogP contribution in [0.3, 0.4) is 0 Å². The van der Waals surface area contributed by atoms with Crippen molar-refractivity contribution in [2.24, 2.45) is 0 Å². The third-order valence-corrected chi connectivity index (χ3v) is 2.24. The van der Waals surface area contributed by atoms with E-state index in [1.54, 1.807) is 6.08 Å². The van der Waals surface area contributed by atoms with Crippen molar-refractivity contribution < 1.29 is 9.53 Å². The highest BCUT2D eigenvalue weighted by Crippen LogP contribution is 2.15. The predicted octanol–water partition coefficient (Wildman–Crippen LogP) is 2.37. The molecular formula is C14H19NO2. The minimum absolute atomic E-state index is 0.0556. The summed E-state index contributed by atoms with van der Waals surface area (Å²) in [6.45, 7) is 8.26. The zero-order chi connectivity index (χ0) is 12.7. The van der Waals surface area contributed by atoms with Gasteiger partial charge in [0, 0.05) is 6.54 Å². The summed E-state index contributed by atoms with van der Waals surface area (Å²) in [5.74, 6) is 0.632. The molecule has 1 amide bonds. The summed E-state index contributed by atoms with van der Waals surface area (Å²) in [5.41, 5.74) is 2.26. The lowest BCUT2D eigenvalue weighted by Crippen LogP contribution is -2.29. The van der Waals surface area contributed by atoms with Crippen LogP contribution in [0.4, 0.5) is 0 Å². The van der Waals surface area contributed by atoms with Crippen molar-refractivity contribution in [3.05, 3.63) is 42.0 Å². The number of benzene rings is 1. The van der Waals surface area contributed by atoms with Crippen LogP contribution < -0.4 is 10.1 Å². The Labute approximate surface area is 102 Å². The Kier molecular flexibility index (Phi) is 5.27. The number of carbonyl (C=O) groups excluding carboxylic acids is 1. The van der Waals surface area contributed by atoms with Gasteiger partial charge in [0.1, 0.15) is 5.75 Å². The fourth-order valence-corrected chi connectivity index (χ4v) is 1.53. The molecule has 0 spiro atoms. The molecule has 92 valence electrons. The molecule has 0 unspecified atom stereocenters. The Morgan fingerprint density at radius 2 is 2.00 bits per heavy atom. The van der Waals surface area contributed by atoms with Gasteiger partial charge < -0.3 is 10.1 Å². The third-order valence-electron chi connectivity index (χ3n) is 2.24. The lowest BCUT2D eigenvalue weighted by Gasteiger charge is -2.08. The molecule has 0 heterocycles. The molecule has 0 atom stereocenters. The van der Waals surface area contributed by atoms with E-state index in [-0.39, 0.29) is 12.5 Å². The molecule has 0 aliphatic rings. The van der Waals surface area contributed by atoms with Crippen molar-refractivity contribution in [3.63, 3.8) is 0 Å². The maximum Gasteiger partial charge on any atom is 0.257 e. The van der Waals surface area contributed by atoms with Crippen LogP contribution in [0, 0.1) is 13.8 Å². The minimum atomic E-state index is -0.106. The van der Waals surface area contributed by atoms with E-state index in [4.69, 9.17) is 4.74 Å². The molecular weight excluding hydrogens is 214 g/mol. The molecule has 1 N–H and O–H groups in total. The average Bonchev–Trinajstić information content (AvgIpc) is 2.25. The van der Waals surface area contributed by atoms with E-state index in [9.17, 15) is 4.79 Å². The number of hydrogen-bond donors (Lipinski definition) is 1. The van der Waals surface area contributed by atoms with Crippen molar-refractivity contribution in [3.8, 4) is 5.75 Å². The predicted molar refractivity (Wildman–Crippen MR) is 69.2 cm³/mol. The molecule has 1 aromatic rings. The van der Waals surface area contributed by atoms with Crippen molar-refractivity contribution in [2.45, 2.75) is 20.3 Å². The van der Waals surface area contributed by atoms with Crippen molar-refractivity contribution in [2.75, 3.05) is 13.2 Å². The molecule has 0 bridgehead atoms. The zero-order valence-electron chi connectivity index (χ0n) is 10.5. The fraction of sp³-hybridized carbons (Fsp3) is 0.357. The van der Waals surface area contributed by atoms with Gasteiger partial charge in [0.2, 0.25) is 0 Å². The summed E-state index contributed by atoms with van der Waals surface area (Å²) in [6, 6.07) is 5.91. The molecule has 17 heavy (non-hydrogen) atoms. The number of rotatable bonds is 6. The standard InChI is InChI=1S/C14H19NO2/c1-4-5-6-15-14(16)10-17-13-8-11(2)7-12(3)9-13/h4,7-9H,1,5-6,10H2,2-3H3,(H,15,16). The van der Waals surface area contributed by atoms with Crippen LogP contribution in [0.1, 0.15) is 17.5 Å². The average molecular weight is 233 g/mol. The first kappa shape index (κ1) is 13.3. The molecule has 0 aliphatic heterocycles. The quantitative estimate of drug-likeness (QED) is 0.605. The Bertz CT molecular complexity index is 379. The van der Waals surface area contributed by atoms with Gasteiger partial charge >= 0.3 is 0 Å². The monoisotopic (exact) mass is 233 g/mol. The maximum atomic E-state index is 11.4. The van der Waals surface area contributed by atoms with Gasteiger partial charge in [0.15, 0.2) is 6.61 Å². The summed E-state index contributed by atoms with van der Waals surface area (Å²) in [7, 11) is 0.